The van der Waals surface area contributed by atoms with Crippen molar-refractivity contribution < 1.29 is 14.3 Å². The van der Waals surface area contributed by atoms with Crippen molar-refractivity contribution in [3.05, 3.63) is 24.3 Å². The van der Waals surface area contributed by atoms with E-state index in [4.69, 9.17) is 10.5 Å². The van der Waals surface area contributed by atoms with Gasteiger partial charge in [-0.25, -0.2) is 0 Å². The Kier molecular flexibility index (Phi) is 4.49. The van der Waals surface area contributed by atoms with Crippen LogP contribution in [0.3, 0.4) is 0 Å². The van der Waals surface area contributed by atoms with Crippen LogP contribution >= 0.6 is 0 Å². The summed E-state index contributed by atoms with van der Waals surface area (Å²) in [6.07, 6.45) is 0.723. The fourth-order valence-electron chi connectivity index (χ4n) is 3.36. The number of nitrogens with zero attached hydrogens (tertiary/aromatic N) is 2. The standard InChI is InChI=1S/C18H25N3O3/c1-13-17(23)21(14-5-3-4-6-15(14)24-13)9-7-16(22)20-10-8-18(2,11-19)12-20/h3-6,13H,7-12,19H2,1-2H3. The third kappa shape index (κ3) is 3.11. The average Bonchev–Trinajstić information content (AvgIpc) is 2.98. The number of para-hydroxylation sites is 2. The van der Waals surface area contributed by atoms with Crippen LogP contribution in [-0.2, 0) is 9.59 Å². The first-order chi connectivity index (χ1) is 11.4. The Morgan fingerprint density at radius 2 is 2.17 bits per heavy atom. The number of likely N-dealkylation sites (tertiary alicyclic amines) is 1. The molecule has 2 N–H and O–H groups in total. The molecule has 6 heteroatoms. The van der Waals surface area contributed by atoms with Gasteiger partial charge in [0, 0.05) is 26.1 Å². The van der Waals surface area contributed by atoms with Gasteiger partial charge in [-0.05, 0) is 37.4 Å². The lowest BCUT2D eigenvalue weighted by atomic mass is 9.90. The summed E-state index contributed by atoms with van der Waals surface area (Å²) in [4.78, 5) is 28.5. The van der Waals surface area contributed by atoms with Crippen LogP contribution in [-0.4, -0.2) is 49.0 Å². The fraction of sp³-hybridized carbons (Fsp3) is 0.556. The molecule has 1 aromatic rings. The predicted octanol–water partition coefficient (Wildman–Crippen LogP) is 1.39. The second kappa shape index (κ2) is 6.43. The summed E-state index contributed by atoms with van der Waals surface area (Å²) in [6, 6.07) is 7.45. The molecule has 1 saturated heterocycles. The maximum atomic E-state index is 12.5. The first-order valence-electron chi connectivity index (χ1n) is 8.48. The zero-order chi connectivity index (χ0) is 17.3. The van der Waals surface area contributed by atoms with E-state index in [2.05, 4.69) is 6.92 Å². The van der Waals surface area contributed by atoms with Gasteiger partial charge in [-0.15, -0.1) is 0 Å². The number of ether oxygens (including phenoxy) is 1. The molecule has 2 aliphatic heterocycles. The lowest BCUT2D eigenvalue weighted by molar-refractivity contribution is -0.130. The van der Waals surface area contributed by atoms with E-state index in [-0.39, 0.29) is 17.2 Å². The van der Waals surface area contributed by atoms with Gasteiger partial charge in [-0.3, -0.25) is 9.59 Å². The van der Waals surface area contributed by atoms with Gasteiger partial charge in [0.1, 0.15) is 5.75 Å². The monoisotopic (exact) mass is 331 g/mol. The van der Waals surface area contributed by atoms with Gasteiger partial charge in [0.25, 0.3) is 5.91 Å². The Morgan fingerprint density at radius 1 is 1.42 bits per heavy atom. The van der Waals surface area contributed by atoms with E-state index in [1.54, 1.807) is 11.8 Å². The van der Waals surface area contributed by atoms with Crippen LogP contribution in [0.2, 0.25) is 0 Å². The SMILES string of the molecule is CC1Oc2ccccc2N(CCC(=O)N2CCC(C)(CN)C2)C1=O. The van der Waals surface area contributed by atoms with Crippen LogP contribution in [0.25, 0.3) is 0 Å². The molecule has 0 radical (unpaired) electrons. The largest absolute Gasteiger partial charge is 0.479 e. The van der Waals surface area contributed by atoms with Crippen molar-refractivity contribution in [1.82, 2.24) is 4.90 Å². The van der Waals surface area contributed by atoms with Gasteiger partial charge in [-0.2, -0.15) is 0 Å². The number of hydrogen-bond acceptors (Lipinski definition) is 4. The van der Waals surface area contributed by atoms with Gasteiger partial charge >= 0.3 is 0 Å². The minimum Gasteiger partial charge on any atom is -0.479 e. The quantitative estimate of drug-likeness (QED) is 0.904. The minimum atomic E-state index is -0.526. The molecule has 0 saturated carbocycles. The van der Waals surface area contributed by atoms with Gasteiger partial charge in [-0.1, -0.05) is 19.1 Å². The van der Waals surface area contributed by atoms with Gasteiger partial charge in [0.05, 0.1) is 5.69 Å². The number of benzene rings is 1. The van der Waals surface area contributed by atoms with Crippen molar-refractivity contribution in [3.8, 4) is 5.75 Å². The van der Waals surface area contributed by atoms with Gasteiger partial charge in [0.2, 0.25) is 5.91 Å². The number of nitrogens with two attached hydrogens (primary N) is 1. The summed E-state index contributed by atoms with van der Waals surface area (Å²) in [7, 11) is 0. The summed E-state index contributed by atoms with van der Waals surface area (Å²) in [5.41, 5.74) is 6.56. The summed E-state index contributed by atoms with van der Waals surface area (Å²) >= 11 is 0. The molecule has 0 spiro atoms. The van der Waals surface area contributed by atoms with Crippen LogP contribution in [0.15, 0.2) is 24.3 Å². The van der Waals surface area contributed by atoms with Crippen LogP contribution < -0.4 is 15.4 Å². The molecule has 6 nitrogen and oxygen atoms in total. The molecule has 1 fully saturated rings. The molecule has 2 atom stereocenters. The Balaban J connectivity index is 1.66. The number of amides is 2. The minimum absolute atomic E-state index is 0.0194. The fourth-order valence-corrected chi connectivity index (χ4v) is 3.36. The van der Waals surface area contributed by atoms with Crippen molar-refractivity contribution in [3.63, 3.8) is 0 Å². The second-order valence-corrected chi connectivity index (χ2v) is 7.05. The van der Waals surface area contributed by atoms with Gasteiger partial charge < -0.3 is 20.3 Å². The molecule has 130 valence electrons. The maximum Gasteiger partial charge on any atom is 0.267 e. The van der Waals surface area contributed by atoms with E-state index in [9.17, 15) is 9.59 Å². The summed E-state index contributed by atoms with van der Waals surface area (Å²) in [5.74, 6) is 0.667. The molecule has 3 rings (SSSR count). The number of anilines is 1. The molecule has 2 amide bonds. The molecule has 0 aliphatic carbocycles. The van der Waals surface area contributed by atoms with E-state index in [0.29, 0.717) is 31.8 Å². The molecule has 2 heterocycles. The highest BCUT2D eigenvalue weighted by atomic mass is 16.5. The Morgan fingerprint density at radius 3 is 2.88 bits per heavy atom. The van der Waals surface area contributed by atoms with E-state index >= 15 is 0 Å². The van der Waals surface area contributed by atoms with E-state index < -0.39 is 6.10 Å². The Labute approximate surface area is 142 Å². The Hall–Kier alpha value is -2.08. The average molecular weight is 331 g/mol. The van der Waals surface area contributed by atoms with Crippen molar-refractivity contribution in [2.75, 3.05) is 31.1 Å². The first kappa shape index (κ1) is 16.8. The molecule has 2 aliphatic rings. The third-order valence-electron chi connectivity index (χ3n) is 5.03. The van der Waals surface area contributed by atoms with E-state index in [0.717, 1.165) is 18.7 Å². The summed E-state index contributed by atoms with van der Waals surface area (Å²) < 4.78 is 5.62. The number of hydrogen-bond donors (Lipinski definition) is 1. The third-order valence-corrected chi connectivity index (χ3v) is 5.03. The number of fused-ring (bicyclic) bond motifs is 1. The van der Waals surface area contributed by atoms with Crippen LogP contribution in [0, 0.1) is 5.41 Å². The molecular formula is C18H25N3O3. The van der Waals surface area contributed by atoms with Crippen LogP contribution in [0.1, 0.15) is 26.7 Å². The normalized spacial score (nSPS) is 26.3. The number of carbonyl (C=O) groups excluding carboxylic acids is 2. The lowest BCUT2D eigenvalue weighted by Crippen LogP contribution is -2.46. The highest BCUT2D eigenvalue weighted by molar-refractivity contribution is 6.00. The molecule has 24 heavy (non-hydrogen) atoms. The van der Waals surface area contributed by atoms with Gasteiger partial charge in [0.15, 0.2) is 6.10 Å². The summed E-state index contributed by atoms with van der Waals surface area (Å²) in [6.45, 7) is 6.26. The van der Waals surface area contributed by atoms with Crippen molar-refractivity contribution in [2.45, 2.75) is 32.8 Å². The number of rotatable bonds is 4. The highest BCUT2D eigenvalue weighted by Gasteiger charge is 2.36. The van der Waals surface area contributed by atoms with Crippen LogP contribution in [0.4, 0.5) is 5.69 Å². The molecule has 1 aromatic carbocycles. The molecule has 2 unspecified atom stereocenters. The van der Waals surface area contributed by atoms with E-state index in [1.807, 2.05) is 29.2 Å². The topological polar surface area (TPSA) is 75.9 Å². The zero-order valence-corrected chi connectivity index (χ0v) is 14.3. The summed E-state index contributed by atoms with van der Waals surface area (Å²) in [5, 5.41) is 0. The number of carbonyl (C=O) groups is 2. The van der Waals surface area contributed by atoms with Crippen LogP contribution in [0.5, 0.6) is 5.75 Å². The molecule has 0 bridgehead atoms. The zero-order valence-electron chi connectivity index (χ0n) is 14.3. The second-order valence-electron chi connectivity index (χ2n) is 7.05. The predicted molar refractivity (Wildman–Crippen MR) is 91.9 cm³/mol. The smallest absolute Gasteiger partial charge is 0.267 e. The van der Waals surface area contributed by atoms with Crippen molar-refractivity contribution in [2.24, 2.45) is 11.1 Å². The molecular weight excluding hydrogens is 306 g/mol. The maximum absolute atomic E-state index is 12.5. The highest BCUT2D eigenvalue weighted by Crippen LogP contribution is 2.34. The first-order valence-corrected chi connectivity index (χ1v) is 8.48. The van der Waals surface area contributed by atoms with E-state index in [1.165, 1.54) is 0 Å². The van der Waals surface area contributed by atoms with Crippen molar-refractivity contribution in [1.29, 1.82) is 0 Å². The van der Waals surface area contributed by atoms with Crippen molar-refractivity contribution >= 4 is 17.5 Å². The molecule has 0 aromatic heterocycles. The lowest BCUT2D eigenvalue weighted by Gasteiger charge is -2.33. The Bertz CT molecular complexity index is 648.